The molecule has 0 aromatic heterocycles. The predicted molar refractivity (Wildman–Crippen MR) is 179 cm³/mol. The van der Waals surface area contributed by atoms with Gasteiger partial charge in [-0.05, 0) is 49.9 Å². The highest BCUT2D eigenvalue weighted by Crippen LogP contribution is 2.19. The molecule has 4 atom stereocenters. The molecule has 0 amide bonds. The molecule has 6 N–H and O–H groups in total. The van der Waals surface area contributed by atoms with Crippen molar-refractivity contribution in [1.29, 1.82) is 0 Å². The topological polar surface area (TPSA) is 196 Å². The van der Waals surface area contributed by atoms with Gasteiger partial charge in [-0.1, -0.05) is 73.5 Å². The third-order valence-corrected chi connectivity index (χ3v) is 10.2. The monoisotopic (exact) mass is 726 g/mol. The summed E-state index contributed by atoms with van der Waals surface area (Å²) in [4.78, 5) is 39.9. The smallest absolute Gasteiger partial charge is 0.216 e. The fraction of sp³-hybridized carbons (Fsp3) is 0.483. The summed E-state index contributed by atoms with van der Waals surface area (Å²) in [6, 6.07) is 13.8. The molecule has 16 heteroatoms. The second-order valence-corrected chi connectivity index (χ2v) is 14.7. The SMILES string of the molecule is Cl.NCCCC[C@H](NS(=O)(=O)Cc1ccccc1)C(=O)C(Cl)C(=O)C(Cl)C(=O)[C@H](CCCCN)NS(=O)(=O)Cc1ccccc1. The van der Waals surface area contributed by atoms with E-state index < -0.39 is 71.7 Å². The Morgan fingerprint density at radius 2 is 0.933 bits per heavy atom. The number of hydrogen-bond donors (Lipinski definition) is 4. The van der Waals surface area contributed by atoms with E-state index in [2.05, 4.69) is 9.44 Å². The molecule has 0 heterocycles. The molecule has 0 fully saturated rings. The van der Waals surface area contributed by atoms with Gasteiger partial charge in [0.05, 0.1) is 23.6 Å². The molecule has 252 valence electrons. The second-order valence-electron chi connectivity index (χ2n) is 10.3. The van der Waals surface area contributed by atoms with Crippen molar-refractivity contribution in [2.45, 2.75) is 72.9 Å². The molecule has 0 saturated heterocycles. The van der Waals surface area contributed by atoms with Gasteiger partial charge < -0.3 is 11.5 Å². The van der Waals surface area contributed by atoms with Gasteiger partial charge in [0.1, 0.15) is 0 Å². The van der Waals surface area contributed by atoms with E-state index in [0.29, 0.717) is 49.9 Å². The summed E-state index contributed by atoms with van der Waals surface area (Å²) in [7, 11) is -8.09. The highest BCUT2D eigenvalue weighted by molar-refractivity contribution is 7.89. The second kappa shape index (κ2) is 20.3. The van der Waals surface area contributed by atoms with Crippen molar-refractivity contribution >= 4 is 73.0 Å². The number of carbonyl (C=O) groups excluding carboxylic acids is 3. The van der Waals surface area contributed by atoms with Crippen molar-refractivity contribution in [3.63, 3.8) is 0 Å². The van der Waals surface area contributed by atoms with Gasteiger partial charge in [-0.25, -0.2) is 26.3 Å². The molecule has 11 nitrogen and oxygen atoms in total. The Balaban J connectivity index is 0.0000101. The van der Waals surface area contributed by atoms with Crippen LogP contribution in [0.4, 0.5) is 0 Å². The molecule has 2 unspecified atom stereocenters. The van der Waals surface area contributed by atoms with E-state index in [1.54, 1.807) is 60.7 Å². The van der Waals surface area contributed by atoms with Crippen molar-refractivity contribution < 1.29 is 31.2 Å². The Labute approximate surface area is 281 Å². The van der Waals surface area contributed by atoms with Gasteiger partial charge in [0.2, 0.25) is 20.0 Å². The number of sulfonamides is 2. The lowest BCUT2D eigenvalue weighted by Crippen LogP contribution is -2.51. The van der Waals surface area contributed by atoms with Gasteiger partial charge in [0, 0.05) is 0 Å². The fourth-order valence-electron chi connectivity index (χ4n) is 4.37. The van der Waals surface area contributed by atoms with Gasteiger partial charge in [-0.15, -0.1) is 35.6 Å². The number of ketones is 3. The van der Waals surface area contributed by atoms with Gasteiger partial charge >= 0.3 is 0 Å². The van der Waals surface area contributed by atoms with E-state index in [-0.39, 0.29) is 25.2 Å². The summed E-state index contributed by atoms with van der Waals surface area (Å²) in [6.07, 6.45) is 1.68. The lowest BCUT2D eigenvalue weighted by atomic mass is 9.96. The van der Waals surface area contributed by atoms with Crippen LogP contribution in [-0.2, 0) is 45.9 Å². The third kappa shape index (κ3) is 14.6. The van der Waals surface area contributed by atoms with Crippen molar-refractivity contribution in [3.8, 4) is 0 Å². The Kier molecular flexibility index (Phi) is 18.6. The lowest BCUT2D eigenvalue weighted by molar-refractivity contribution is -0.130. The molecule has 2 aromatic rings. The molecule has 2 rings (SSSR count). The standard InChI is InChI=1S/C29H40Cl2N4O7S2.ClH/c30-25(27(36)23(15-7-9-17-32)34-43(39,40)19-21-11-3-1-4-12-21)29(38)26(31)28(37)24(16-8-10-18-33)35-44(41,42)20-22-13-5-2-6-14-22;/h1-6,11-14,23-26,34-35H,7-10,15-20,32-33H2;1H/t23-,24-,25?,26?;/m0./s1. The molecule has 45 heavy (non-hydrogen) atoms. The first-order chi connectivity index (χ1) is 20.8. The van der Waals surface area contributed by atoms with Crippen LogP contribution in [0.25, 0.3) is 0 Å². The summed E-state index contributed by atoms with van der Waals surface area (Å²) < 4.78 is 56.2. The van der Waals surface area contributed by atoms with Crippen molar-refractivity contribution in [2.24, 2.45) is 11.5 Å². The van der Waals surface area contributed by atoms with Crippen LogP contribution >= 0.6 is 35.6 Å². The molecule has 0 aliphatic heterocycles. The van der Waals surface area contributed by atoms with Crippen LogP contribution in [0.3, 0.4) is 0 Å². The Morgan fingerprint density at radius 1 is 0.600 bits per heavy atom. The van der Waals surface area contributed by atoms with Crippen LogP contribution in [-0.4, -0.2) is 70.1 Å². The van der Waals surface area contributed by atoms with Gasteiger partial charge in [-0.2, -0.15) is 0 Å². The fourth-order valence-corrected chi connectivity index (χ4v) is 7.76. The maximum absolute atomic E-state index is 13.3. The van der Waals surface area contributed by atoms with E-state index in [1.807, 2.05) is 0 Å². The number of carbonyl (C=O) groups is 3. The number of halogens is 3. The quantitative estimate of drug-likeness (QED) is 0.0801. The van der Waals surface area contributed by atoms with Crippen molar-refractivity contribution in [1.82, 2.24) is 9.44 Å². The van der Waals surface area contributed by atoms with Crippen LogP contribution < -0.4 is 20.9 Å². The van der Waals surface area contributed by atoms with Crippen molar-refractivity contribution in [2.75, 3.05) is 13.1 Å². The normalized spacial score (nSPS) is 14.5. The number of nitrogens with two attached hydrogens (primary N) is 2. The largest absolute Gasteiger partial charge is 0.330 e. The number of benzene rings is 2. The van der Waals surface area contributed by atoms with Crippen LogP contribution in [0, 0.1) is 0 Å². The minimum atomic E-state index is -4.04. The third-order valence-electron chi connectivity index (χ3n) is 6.62. The first kappa shape index (κ1) is 41.1. The van der Waals surface area contributed by atoms with E-state index >= 15 is 0 Å². The zero-order valence-electron chi connectivity index (χ0n) is 24.6. The summed E-state index contributed by atoms with van der Waals surface area (Å²) in [5.41, 5.74) is 12.1. The molecule has 0 aliphatic carbocycles. The van der Waals surface area contributed by atoms with E-state index in [9.17, 15) is 31.2 Å². The van der Waals surface area contributed by atoms with E-state index in [4.69, 9.17) is 34.7 Å². The molecule has 0 radical (unpaired) electrons. The van der Waals surface area contributed by atoms with E-state index in [0.717, 1.165) is 0 Å². The molecular weight excluding hydrogens is 687 g/mol. The Morgan fingerprint density at radius 3 is 1.24 bits per heavy atom. The first-order valence-corrected chi connectivity index (χ1v) is 18.3. The summed E-state index contributed by atoms with van der Waals surface area (Å²) >= 11 is 12.5. The molecule has 0 saturated carbocycles. The summed E-state index contributed by atoms with van der Waals surface area (Å²) in [6.45, 7) is 0.593. The zero-order valence-corrected chi connectivity index (χ0v) is 28.6. The van der Waals surface area contributed by atoms with Gasteiger partial charge in [-0.3, -0.25) is 14.4 Å². The van der Waals surface area contributed by atoms with Crippen LogP contribution in [0.1, 0.15) is 49.7 Å². The van der Waals surface area contributed by atoms with Crippen LogP contribution in [0.15, 0.2) is 60.7 Å². The van der Waals surface area contributed by atoms with Crippen molar-refractivity contribution in [3.05, 3.63) is 71.8 Å². The maximum Gasteiger partial charge on any atom is 0.216 e. The highest BCUT2D eigenvalue weighted by Gasteiger charge is 2.40. The number of alkyl halides is 2. The number of nitrogens with one attached hydrogen (secondary N) is 2. The summed E-state index contributed by atoms with van der Waals surface area (Å²) in [5.74, 6) is -3.97. The maximum atomic E-state index is 13.3. The summed E-state index contributed by atoms with van der Waals surface area (Å²) in [5, 5.41) is -3.95. The number of unbranched alkanes of at least 4 members (excludes halogenated alkanes) is 2. The molecule has 0 bridgehead atoms. The Bertz CT molecular complexity index is 1330. The zero-order chi connectivity index (χ0) is 32.8. The van der Waals surface area contributed by atoms with E-state index in [1.165, 1.54) is 0 Å². The minimum Gasteiger partial charge on any atom is -0.330 e. The van der Waals surface area contributed by atoms with Gasteiger partial charge in [0.25, 0.3) is 0 Å². The minimum absolute atomic E-state index is 0. The molecule has 2 aromatic carbocycles. The predicted octanol–water partition coefficient (Wildman–Crippen LogP) is 2.56. The van der Waals surface area contributed by atoms with Crippen LogP contribution in [0.2, 0.25) is 0 Å². The highest BCUT2D eigenvalue weighted by atomic mass is 35.5. The van der Waals surface area contributed by atoms with Crippen LogP contribution in [0.5, 0.6) is 0 Å². The van der Waals surface area contributed by atoms with Gasteiger partial charge in [0.15, 0.2) is 28.1 Å². The number of hydrogen-bond acceptors (Lipinski definition) is 9. The average molecular weight is 728 g/mol. The lowest BCUT2D eigenvalue weighted by Gasteiger charge is -2.23. The molecular formula is C29H41Cl3N4O7S2. The molecule has 0 aliphatic rings. The molecule has 0 spiro atoms. The number of rotatable bonds is 22. The first-order valence-electron chi connectivity index (χ1n) is 14.2. The Hall–Kier alpha value is -1.94. The number of Topliss-reactive ketones (excluding diaryl/α,β-unsaturated/α-hetero) is 3. The average Bonchev–Trinajstić information content (AvgIpc) is 2.98.